The maximum atomic E-state index is 4.28. The zero-order valence-electron chi connectivity index (χ0n) is 11.6. The maximum Gasteiger partial charge on any atom is 0.0931 e. The maximum absolute atomic E-state index is 4.28. The van der Waals surface area contributed by atoms with Crippen LogP contribution in [0.1, 0.15) is 11.7 Å². The summed E-state index contributed by atoms with van der Waals surface area (Å²) in [6, 6.07) is 6.50. The Morgan fingerprint density at radius 2 is 2.05 bits per heavy atom. The minimum atomic E-state index is 0.329. The molecule has 5 heteroatoms. The number of fused-ring (bicyclic) bond motifs is 1. The summed E-state index contributed by atoms with van der Waals surface area (Å²) in [5, 5.41) is 3.41. The second-order valence-corrected chi connectivity index (χ2v) is 5.30. The summed E-state index contributed by atoms with van der Waals surface area (Å²) in [6.07, 6.45) is 2.08. The molecule has 19 heavy (non-hydrogen) atoms. The van der Waals surface area contributed by atoms with Crippen molar-refractivity contribution in [3.63, 3.8) is 0 Å². The highest BCUT2D eigenvalue weighted by Crippen LogP contribution is 2.25. The topological polar surface area (TPSA) is 47.2 Å². The fraction of sp³-hybridized carbons (Fsp3) is 0.500. The predicted molar refractivity (Wildman–Crippen MR) is 77.0 cm³/mol. The van der Waals surface area contributed by atoms with Crippen LogP contribution in [0.25, 0.3) is 11.0 Å². The first-order valence-corrected chi connectivity index (χ1v) is 6.80. The molecule has 1 atom stereocenters. The van der Waals surface area contributed by atoms with Gasteiger partial charge in [-0.3, -0.25) is 9.80 Å². The van der Waals surface area contributed by atoms with Crippen LogP contribution in [-0.4, -0.2) is 60.0 Å². The van der Waals surface area contributed by atoms with Crippen LogP contribution >= 0.6 is 0 Å². The highest BCUT2D eigenvalue weighted by Gasteiger charge is 2.24. The first kappa shape index (κ1) is 12.6. The van der Waals surface area contributed by atoms with E-state index in [9.17, 15) is 0 Å². The summed E-state index contributed by atoms with van der Waals surface area (Å²) < 4.78 is 0. The van der Waals surface area contributed by atoms with E-state index in [0.29, 0.717) is 6.17 Å². The van der Waals surface area contributed by atoms with Crippen LogP contribution in [0.2, 0.25) is 0 Å². The van der Waals surface area contributed by atoms with E-state index >= 15 is 0 Å². The molecule has 1 aromatic carbocycles. The van der Waals surface area contributed by atoms with Crippen LogP contribution in [0, 0.1) is 0 Å². The minimum absolute atomic E-state index is 0.329. The van der Waals surface area contributed by atoms with Crippen LogP contribution in [0.5, 0.6) is 0 Å². The molecular formula is C14H21N5. The van der Waals surface area contributed by atoms with E-state index in [1.54, 1.807) is 6.33 Å². The Morgan fingerprint density at radius 1 is 1.26 bits per heavy atom. The molecule has 2 heterocycles. The second-order valence-electron chi connectivity index (χ2n) is 5.30. The van der Waals surface area contributed by atoms with Crippen molar-refractivity contribution < 1.29 is 0 Å². The lowest BCUT2D eigenvalue weighted by Gasteiger charge is -2.38. The smallest absolute Gasteiger partial charge is 0.0931 e. The van der Waals surface area contributed by atoms with Crippen LogP contribution in [-0.2, 0) is 0 Å². The number of benzene rings is 1. The third-order valence-electron chi connectivity index (χ3n) is 3.73. The van der Waals surface area contributed by atoms with E-state index in [1.165, 1.54) is 5.56 Å². The molecular weight excluding hydrogens is 238 g/mol. The van der Waals surface area contributed by atoms with Gasteiger partial charge in [-0.05, 0) is 31.8 Å². The number of hydrogen-bond donors (Lipinski definition) is 2. The Hall–Kier alpha value is -1.43. The average molecular weight is 259 g/mol. The van der Waals surface area contributed by atoms with Gasteiger partial charge < -0.3 is 10.3 Å². The van der Waals surface area contributed by atoms with Crippen molar-refractivity contribution in [2.24, 2.45) is 0 Å². The van der Waals surface area contributed by atoms with Gasteiger partial charge in [-0.25, -0.2) is 4.98 Å². The number of rotatable bonds is 3. The number of hydrogen-bond acceptors (Lipinski definition) is 4. The largest absolute Gasteiger partial charge is 0.345 e. The van der Waals surface area contributed by atoms with Gasteiger partial charge in [0, 0.05) is 26.2 Å². The molecule has 3 rings (SSSR count). The monoisotopic (exact) mass is 259 g/mol. The quantitative estimate of drug-likeness (QED) is 0.864. The lowest BCUT2D eigenvalue weighted by atomic mass is 10.1. The van der Waals surface area contributed by atoms with Gasteiger partial charge in [0.05, 0.1) is 23.5 Å². The number of H-pyrrole nitrogens is 1. The number of nitrogens with one attached hydrogen (secondary N) is 2. The standard InChI is InChI=1S/C14H21N5/c1-18(2)14(19-7-5-15-6-8-19)11-3-4-12-13(9-11)17-10-16-12/h3-4,9-10,14-15H,5-8H2,1-2H3,(H,16,17). The molecule has 2 aromatic rings. The molecule has 0 aliphatic carbocycles. The van der Waals surface area contributed by atoms with Gasteiger partial charge >= 0.3 is 0 Å². The van der Waals surface area contributed by atoms with Gasteiger partial charge in [-0.2, -0.15) is 0 Å². The predicted octanol–water partition coefficient (Wildman–Crippen LogP) is 1.03. The molecule has 1 unspecified atom stereocenters. The van der Waals surface area contributed by atoms with Gasteiger partial charge in [0.2, 0.25) is 0 Å². The van der Waals surface area contributed by atoms with Crippen molar-refractivity contribution in [1.82, 2.24) is 25.1 Å². The SMILES string of the molecule is CN(C)C(c1ccc2nc[nH]c2c1)N1CCNCC1. The number of aromatic amines is 1. The second kappa shape index (κ2) is 5.28. The highest BCUT2D eigenvalue weighted by atomic mass is 15.3. The van der Waals surface area contributed by atoms with Crippen molar-refractivity contribution in [3.8, 4) is 0 Å². The zero-order chi connectivity index (χ0) is 13.2. The summed E-state index contributed by atoms with van der Waals surface area (Å²) in [4.78, 5) is 12.3. The van der Waals surface area contributed by atoms with E-state index < -0.39 is 0 Å². The molecule has 1 aliphatic heterocycles. The van der Waals surface area contributed by atoms with Gasteiger partial charge in [0.15, 0.2) is 0 Å². The molecule has 0 radical (unpaired) electrons. The van der Waals surface area contributed by atoms with Crippen molar-refractivity contribution in [3.05, 3.63) is 30.1 Å². The third kappa shape index (κ3) is 2.49. The first-order chi connectivity index (χ1) is 9.25. The first-order valence-electron chi connectivity index (χ1n) is 6.80. The normalized spacial score (nSPS) is 19.1. The zero-order valence-corrected chi connectivity index (χ0v) is 11.6. The number of aromatic nitrogens is 2. The van der Waals surface area contributed by atoms with Crippen LogP contribution in [0.3, 0.4) is 0 Å². The van der Waals surface area contributed by atoms with Crippen molar-refractivity contribution in [2.45, 2.75) is 6.17 Å². The summed E-state index contributed by atoms with van der Waals surface area (Å²) >= 11 is 0. The van der Waals surface area contributed by atoms with E-state index in [0.717, 1.165) is 37.2 Å². The Morgan fingerprint density at radius 3 is 2.79 bits per heavy atom. The van der Waals surface area contributed by atoms with E-state index in [4.69, 9.17) is 0 Å². The molecule has 1 fully saturated rings. The van der Waals surface area contributed by atoms with Crippen LogP contribution in [0.4, 0.5) is 0 Å². The summed E-state index contributed by atoms with van der Waals surface area (Å²) in [5.74, 6) is 0. The molecule has 0 bridgehead atoms. The van der Waals surface area contributed by atoms with Crippen LogP contribution in [0.15, 0.2) is 24.5 Å². The van der Waals surface area contributed by atoms with E-state index in [-0.39, 0.29) is 0 Å². The lowest BCUT2D eigenvalue weighted by molar-refractivity contribution is 0.0674. The van der Waals surface area contributed by atoms with Crippen molar-refractivity contribution in [2.75, 3.05) is 40.3 Å². The van der Waals surface area contributed by atoms with Crippen molar-refractivity contribution >= 4 is 11.0 Å². The molecule has 102 valence electrons. The van der Waals surface area contributed by atoms with Gasteiger partial charge in [0.25, 0.3) is 0 Å². The summed E-state index contributed by atoms with van der Waals surface area (Å²) in [7, 11) is 4.29. The van der Waals surface area contributed by atoms with E-state index in [1.807, 2.05) is 0 Å². The summed E-state index contributed by atoms with van der Waals surface area (Å²) in [6.45, 7) is 4.31. The van der Waals surface area contributed by atoms with Crippen LogP contribution < -0.4 is 5.32 Å². The Kier molecular flexibility index (Phi) is 3.50. The average Bonchev–Trinajstić information content (AvgIpc) is 2.87. The van der Waals surface area contributed by atoms with Gasteiger partial charge in [-0.15, -0.1) is 0 Å². The highest BCUT2D eigenvalue weighted by molar-refractivity contribution is 5.75. The Labute approximate surface area is 113 Å². The molecule has 1 aromatic heterocycles. The molecule has 0 amide bonds. The number of piperazine rings is 1. The molecule has 2 N–H and O–H groups in total. The molecule has 0 spiro atoms. The number of imidazole rings is 1. The molecule has 0 saturated carbocycles. The Balaban J connectivity index is 1.93. The molecule has 1 aliphatic rings. The van der Waals surface area contributed by atoms with E-state index in [2.05, 4.69) is 57.4 Å². The lowest BCUT2D eigenvalue weighted by Crippen LogP contribution is -2.48. The Bertz CT molecular complexity index is 542. The fourth-order valence-corrected chi connectivity index (χ4v) is 2.88. The number of nitrogens with zero attached hydrogens (tertiary/aromatic N) is 3. The van der Waals surface area contributed by atoms with Gasteiger partial charge in [-0.1, -0.05) is 6.07 Å². The summed E-state index contributed by atoms with van der Waals surface area (Å²) in [5.41, 5.74) is 3.46. The van der Waals surface area contributed by atoms with Gasteiger partial charge in [0.1, 0.15) is 0 Å². The van der Waals surface area contributed by atoms with Crippen molar-refractivity contribution in [1.29, 1.82) is 0 Å². The minimum Gasteiger partial charge on any atom is -0.345 e. The fourth-order valence-electron chi connectivity index (χ4n) is 2.88. The molecule has 1 saturated heterocycles. The molecule has 5 nitrogen and oxygen atoms in total. The third-order valence-corrected chi connectivity index (χ3v) is 3.73.